The quantitative estimate of drug-likeness (QED) is 0.743. The molecule has 128 valence electrons. The molecular weight excluding hydrogens is 320 g/mol. The first kappa shape index (κ1) is 16.6. The molecule has 3 rings (SSSR count). The Balaban J connectivity index is 1.62. The van der Waals surface area contributed by atoms with Crippen LogP contribution in [0, 0.1) is 0 Å². The number of nitrogens with zero attached hydrogens (tertiary/aromatic N) is 3. The smallest absolute Gasteiger partial charge is 0.270 e. The molecule has 0 fully saturated rings. The van der Waals surface area contributed by atoms with Crippen LogP contribution in [0.3, 0.4) is 0 Å². The van der Waals surface area contributed by atoms with Gasteiger partial charge < -0.3 is 14.6 Å². The van der Waals surface area contributed by atoms with Crippen LogP contribution in [0.4, 0.5) is 0 Å². The predicted octanol–water partition coefficient (Wildman–Crippen LogP) is 2.67. The monoisotopic (exact) mass is 338 g/mol. The summed E-state index contributed by atoms with van der Waals surface area (Å²) in [6, 6.07) is 12.8. The van der Waals surface area contributed by atoms with Crippen LogP contribution in [-0.4, -0.2) is 34.7 Å². The highest BCUT2D eigenvalue weighted by Crippen LogP contribution is 2.19. The van der Waals surface area contributed by atoms with Crippen LogP contribution in [0.1, 0.15) is 29.2 Å². The number of hydrogen-bond acceptors (Lipinski definition) is 6. The van der Waals surface area contributed by atoms with Gasteiger partial charge in [0.2, 0.25) is 11.7 Å². The summed E-state index contributed by atoms with van der Waals surface area (Å²) in [5, 5.41) is 6.80. The fourth-order valence-electron chi connectivity index (χ4n) is 2.23. The Hall–Kier alpha value is -3.22. The number of rotatable bonds is 6. The first-order valence-corrected chi connectivity index (χ1v) is 7.84. The van der Waals surface area contributed by atoms with Gasteiger partial charge in [0.1, 0.15) is 11.4 Å². The minimum absolute atomic E-state index is 0.125. The second kappa shape index (κ2) is 7.57. The zero-order valence-electron chi connectivity index (χ0n) is 14.0. The van der Waals surface area contributed by atoms with E-state index in [1.54, 1.807) is 19.2 Å². The van der Waals surface area contributed by atoms with Crippen molar-refractivity contribution in [3.05, 3.63) is 60.2 Å². The number of hydrogen-bond donors (Lipinski definition) is 1. The van der Waals surface area contributed by atoms with Gasteiger partial charge in [0, 0.05) is 24.4 Å². The third-order valence-electron chi connectivity index (χ3n) is 3.66. The minimum atomic E-state index is -0.284. The second-order valence-corrected chi connectivity index (χ2v) is 5.51. The lowest BCUT2D eigenvalue weighted by Crippen LogP contribution is -2.28. The van der Waals surface area contributed by atoms with Crippen molar-refractivity contribution in [2.24, 2.45) is 0 Å². The number of aromatic nitrogens is 3. The molecule has 1 aromatic carbocycles. The van der Waals surface area contributed by atoms with Crippen LogP contribution in [0.2, 0.25) is 0 Å². The van der Waals surface area contributed by atoms with Gasteiger partial charge in [-0.1, -0.05) is 42.4 Å². The van der Waals surface area contributed by atoms with Crippen molar-refractivity contribution in [2.75, 3.05) is 13.7 Å². The van der Waals surface area contributed by atoms with Crippen LogP contribution in [0.5, 0.6) is 5.75 Å². The molecule has 3 aromatic rings. The van der Waals surface area contributed by atoms with E-state index in [4.69, 9.17) is 9.26 Å². The van der Waals surface area contributed by atoms with E-state index in [2.05, 4.69) is 20.4 Å². The zero-order chi connectivity index (χ0) is 17.6. The van der Waals surface area contributed by atoms with Gasteiger partial charge in [0.15, 0.2) is 0 Å². The Bertz CT molecular complexity index is 848. The molecule has 1 unspecified atom stereocenters. The summed E-state index contributed by atoms with van der Waals surface area (Å²) in [5.41, 5.74) is 1.18. The van der Waals surface area contributed by atoms with E-state index in [1.807, 2.05) is 37.3 Å². The van der Waals surface area contributed by atoms with Gasteiger partial charge in [-0.25, -0.2) is 0 Å². The van der Waals surface area contributed by atoms with E-state index < -0.39 is 0 Å². The third kappa shape index (κ3) is 4.00. The summed E-state index contributed by atoms with van der Waals surface area (Å²) in [5.74, 6) is 1.17. The van der Waals surface area contributed by atoms with Crippen LogP contribution >= 0.6 is 0 Å². The summed E-state index contributed by atoms with van der Waals surface area (Å²) in [6.07, 6.45) is 1.53. The summed E-state index contributed by atoms with van der Waals surface area (Å²) in [7, 11) is 1.54. The van der Waals surface area contributed by atoms with E-state index in [0.29, 0.717) is 29.7 Å². The molecule has 0 aliphatic carbocycles. The van der Waals surface area contributed by atoms with Crippen molar-refractivity contribution in [3.8, 4) is 17.1 Å². The van der Waals surface area contributed by atoms with Gasteiger partial charge in [0.25, 0.3) is 5.91 Å². The number of carbonyl (C=O) groups is 1. The van der Waals surface area contributed by atoms with Crippen LogP contribution in [0.25, 0.3) is 11.4 Å². The van der Waals surface area contributed by atoms with E-state index in [9.17, 15) is 4.79 Å². The second-order valence-electron chi connectivity index (χ2n) is 5.51. The lowest BCUT2D eigenvalue weighted by Gasteiger charge is -2.09. The SMILES string of the molecule is COc1ccnc(C(=O)NCC(C)c2nc(-c3ccccc3)no2)c1. The highest BCUT2D eigenvalue weighted by molar-refractivity contribution is 5.92. The van der Waals surface area contributed by atoms with E-state index in [0.717, 1.165) is 5.56 Å². The van der Waals surface area contributed by atoms with E-state index in [1.165, 1.54) is 6.20 Å². The fraction of sp³-hybridized carbons (Fsp3) is 0.222. The molecule has 2 aromatic heterocycles. The van der Waals surface area contributed by atoms with Gasteiger partial charge >= 0.3 is 0 Å². The molecule has 2 heterocycles. The molecule has 0 spiro atoms. The molecular formula is C18H18N4O3. The Kier molecular flexibility index (Phi) is 5.03. The van der Waals surface area contributed by atoms with Gasteiger partial charge in [-0.3, -0.25) is 9.78 Å². The highest BCUT2D eigenvalue weighted by atomic mass is 16.5. The predicted molar refractivity (Wildman–Crippen MR) is 91.3 cm³/mol. The number of methoxy groups -OCH3 is 1. The van der Waals surface area contributed by atoms with Gasteiger partial charge in [-0.2, -0.15) is 4.98 Å². The average Bonchev–Trinajstić information content (AvgIpc) is 3.17. The number of ether oxygens (including phenoxy) is 1. The molecule has 25 heavy (non-hydrogen) atoms. The van der Waals surface area contributed by atoms with Crippen LogP contribution < -0.4 is 10.1 Å². The number of nitrogens with one attached hydrogen (secondary N) is 1. The number of amides is 1. The van der Waals surface area contributed by atoms with Crippen molar-refractivity contribution in [2.45, 2.75) is 12.8 Å². The molecule has 7 nitrogen and oxygen atoms in total. The van der Waals surface area contributed by atoms with Gasteiger partial charge in [0.05, 0.1) is 13.0 Å². The molecule has 0 bridgehead atoms. The molecule has 1 N–H and O–H groups in total. The van der Waals surface area contributed by atoms with E-state index in [-0.39, 0.29) is 11.8 Å². The molecule has 0 aliphatic rings. The summed E-state index contributed by atoms with van der Waals surface area (Å²) in [6.45, 7) is 2.26. The van der Waals surface area contributed by atoms with Gasteiger partial charge in [-0.05, 0) is 6.07 Å². The zero-order valence-corrected chi connectivity index (χ0v) is 14.0. The Labute approximate surface area is 145 Å². The van der Waals surface area contributed by atoms with Crippen molar-refractivity contribution >= 4 is 5.91 Å². The summed E-state index contributed by atoms with van der Waals surface area (Å²) in [4.78, 5) is 20.6. The molecule has 0 radical (unpaired) electrons. The van der Waals surface area contributed by atoms with Crippen LogP contribution in [-0.2, 0) is 0 Å². The highest BCUT2D eigenvalue weighted by Gasteiger charge is 2.17. The Morgan fingerprint density at radius 2 is 2.08 bits per heavy atom. The molecule has 7 heteroatoms. The van der Waals surface area contributed by atoms with Crippen molar-refractivity contribution in [1.29, 1.82) is 0 Å². The molecule has 1 amide bonds. The lowest BCUT2D eigenvalue weighted by atomic mass is 10.1. The number of pyridine rings is 1. The lowest BCUT2D eigenvalue weighted by molar-refractivity contribution is 0.0945. The first-order valence-electron chi connectivity index (χ1n) is 7.84. The number of carbonyl (C=O) groups excluding carboxylic acids is 1. The summed E-state index contributed by atoms with van der Waals surface area (Å²) < 4.78 is 10.4. The summed E-state index contributed by atoms with van der Waals surface area (Å²) >= 11 is 0. The molecule has 1 atom stereocenters. The molecule has 0 aliphatic heterocycles. The third-order valence-corrected chi connectivity index (χ3v) is 3.66. The maximum atomic E-state index is 12.2. The topological polar surface area (TPSA) is 90.1 Å². The maximum absolute atomic E-state index is 12.2. The first-order chi connectivity index (χ1) is 12.2. The van der Waals surface area contributed by atoms with Crippen molar-refractivity contribution < 1.29 is 14.1 Å². The van der Waals surface area contributed by atoms with Crippen molar-refractivity contribution in [1.82, 2.24) is 20.4 Å². The average molecular weight is 338 g/mol. The Morgan fingerprint density at radius 1 is 1.28 bits per heavy atom. The standard InChI is InChI=1S/C18H18N4O3/c1-12(11-20-17(23)15-10-14(24-2)8-9-19-15)18-21-16(22-25-18)13-6-4-3-5-7-13/h3-10,12H,11H2,1-2H3,(H,20,23). The molecule has 0 saturated carbocycles. The molecule has 0 saturated heterocycles. The fourth-order valence-corrected chi connectivity index (χ4v) is 2.23. The Morgan fingerprint density at radius 3 is 2.84 bits per heavy atom. The normalized spacial score (nSPS) is 11.8. The van der Waals surface area contributed by atoms with Gasteiger partial charge in [-0.15, -0.1) is 0 Å². The van der Waals surface area contributed by atoms with E-state index >= 15 is 0 Å². The van der Waals surface area contributed by atoms with Crippen LogP contribution in [0.15, 0.2) is 53.2 Å². The minimum Gasteiger partial charge on any atom is -0.497 e. The van der Waals surface area contributed by atoms with Crippen molar-refractivity contribution in [3.63, 3.8) is 0 Å². The maximum Gasteiger partial charge on any atom is 0.270 e. The number of benzene rings is 1. The largest absolute Gasteiger partial charge is 0.497 e.